The zero-order chi connectivity index (χ0) is 18.3. The van der Waals surface area contributed by atoms with Crippen LogP contribution in [0.15, 0.2) is 12.1 Å². The van der Waals surface area contributed by atoms with E-state index in [1.165, 1.54) is 36.2 Å². The van der Waals surface area contributed by atoms with Gasteiger partial charge in [0.15, 0.2) is 5.82 Å². The molecule has 1 saturated heterocycles. The first-order chi connectivity index (χ1) is 12.4. The predicted molar refractivity (Wildman–Crippen MR) is 103 cm³/mol. The second kappa shape index (κ2) is 6.65. The molecule has 1 aliphatic heterocycles. The second-order valence-electron chi connectivity index (χ2n) is 8.84. The largest absolute Gasteiger partial charge is 0.352 e. The lowest BCUT2D eigenvalue weighted by Gasteiger charge is -2.44. The lowest BCUT2D eigenvalue weighted by molar-refractivity contribution is 0.194. The summed E-state index contributed by atoms with van der Waals surface area (Å²) in [6, 6.07) is 4.76. The number of aromatic nitrogens is 4. The smallest absolute Gasteiger partial charge is 0.151 e. The average Bonchev–Trinajstić information content (AvgIpc) is 2.96. The molecular weight excluding hydrogens is 324 g/mol. The van der Waals surface area contributed by atoms with Gasteiger partial charge in [0, 0.05) is 36.8 Å². The van der Waals surface area contributed by atoms with Crippen molar-refractivity contribution in [2.45, 2.75) is 64.5 Å². The van der Waals surface area contributed by atoms with Crippen LogP contribution in [0.5, 0.6) is 0 Å². The van der Waals surface area contributed by atoms with Crippen molar-refractivity contribution in [2.24, 2.45) is 0 Å². The van der Waals surface area contributed by atoms with Gasteiger partial charge in [0.05, 0.1) is 11.4 Å². The van der Waals surface area contributed by atoms with Crippen LogP contribution < -0.4 is 4.90 Å². The summed E-state index contributed by atoms with van der Waals surface area (Å²) in [6.07, 6.45) is 4.93. The van der Waals surface area contributed by atoms with Crippen LogP contribution in [0.1, 0.15) is 56.3 Å². The second-order valence-corrected chi connectivity index (χ2v) is 8.84. The Morgan fingerprint density at radius 2 is 1.92 bits per heavy atom. The maximum absolute atomic E-state index is 4.59. The molecule has 3 heterocycles. The quantitative estimate of drug-likeness (QED) is 0.915. The highest BCUT2D eigenvalue weighted by Crippen LogP contribution is 2.26. The molecule has 0 bridgehead atoms. The number of fused-ring (bicyclic) bond motifs is 1. The van der Waals surface area contributed by atoms with Gasteiger partial charge in [-0.1, -0.05) is 20.8 Å². The minimum Gasteiger partial charge on any atom is -0.352 e. The standard InChI is InChI=1S/C20H30N6/c1-20(2,3)18-9-10-19(24-23-18)26-11-14(12-26)25(4)13-17-15-7-5-6-8-16(15)21-22-17/h9-10,14H,5-8,11-13H2,1-4H3,(H,21,22). The highest BCUT2D eigenvalue weighted by Gasteiger charge is 2.32. The number of likely N-dealkylation sites (N-methyl/N-ethyl adjacent to an activating group) is 1. The van der Waals surface area contributed by atoms with E-state index in [2.05, 4.69) is 70.1 Å². The van der Waals surface area contributed by atoms with Gasteiger partial charge in [-0.2, -0.15) is 10.2 Å². The molecule has 4 rings (SSSR count). The summed E-state index contributed by atoms with van der Waals surface area (Å²) in [5, 5.41) is 16.7. The first-order valence-corrected chi connectivity index (χ1v) is 9.76. The van der Waals surface area contributed by atoms with E-state index in [1.807, 2.05) is 0 Å². The lowest BCUT2D eigenvalue weighted by Crippen LogP contribution is -2.58. The number of aromatic amines is 1. The molecule has 0 unspecified atom stereocenters. The maximum atomic E-state index is 4.59. The molecule has 6 heteroatoms. The monoisotopic (exact) mass is 354 g/mol. The molecule has 2 aliphatic rings. The van der Waals surface area contributed by atoms with Gasteiger partial charge in [-0.25, -0.2) is 0 Å². The molecule has 0 spiro atoms. The van der Waals surface area contributed by atoms with E-state index in [0.29, 0.717) is 6.04 Å². The van der Waals surface area contributed by atoms with Crippen LogP contribution in [-0.2, 0) is 24.8 Å². The Balaban J connectivity index is 1.33. The predicted octanol–water partition coefficient (Wildman–Crippen LogP) is 2.70. The Bertz CT molecular complexity index is 752. The highest BCUT2D eigenvalue weighted by atomic mass is 15.4. The summed E-state index contributed by atoms with van der Waals surface area (Å²) in [5.74, 6) is 0.986. The van der Waals surface area contributed by atoms with Crippen molar-refractivity contribution in [3.63, 3.8) is 0 Å². The highest BCUT2D eigenvalue weighted by molar-refractivity contribution is 5.42. The molecule has 0 atom stereocenters. The number of nitrogens with one attached hydrogen (secondary N) is 1. The summed E-state index contributed by atoms with van der Waals surface area (Å²) in [6.45, 7) is 9.44. The van der Waals surface area contributed by atoms with E-state index in [9.17, 15) is 0 Å². The first-order valence-electron chi connectivity index (χ1n) is 9.76. The molecule has 2 aromatic heterocycles. The number of anilines is 1. The van der Waals surface area contributed by atoms with E-state index < -0.39 is 0 Å². The van der Waals surface area contributed by atoms with Crippen LogP contribution in [0.4, 0.5) is 5.82 Å². The Morgan fingerprint density at radius 3 is 2.62 bits per heavy atom. The fourth-order valence-corrected chi connectivity index (χ4v) is 3.86. The van der Waals surface area contributed by atoms with E-state index in [1.54, 1.807) is 0 Å². The normalized spacial score (nSPS) is 18.1. The van der Waals surface area contributed by atoms with Crippen molar-refractivity contribution >= 4 is 5.82 Å². The van der Waals surface area contributed by atoms with Gasteiger partial charge in [-0.05, 0) is 50.4 Å². The van der Waals surface area contributed by atoms with Gasteiger partial charge in [0.1, 0.15) is 0 Å². The maximum Gasteiger partial charge on any atom is 0.151 e. The van der Waals surface area contributed by atoms with Crippen molar-refractivity contribution in [1.29, 1.82) is 0 Å². The molecule has 1 aliphatic carbocycles. The average molecular weight is 355 g/mol. The third-order valence-electron chi connectivity index (χ3n) is 5.77. The van der Waals surface area contributed by atoms with Crippen molar-refractivity contribution in [3.8, 4) is 0 Å². The van der Waals surface area contributed by atoms with E-state index in [4.69, 9.17) is 0 Å². The summed E-state index contributed by atoms with van der Waals surface area (Å²) in [4.78, 5) is 4.74. The van der Waals surface area contributed by atoms with Crippen LogP contribution in [0.2, 0.25) is 0 Å². The molecule has 0 saturated carbocycles. The first kappa shape index (κ1) is 17.5. The van der Waals surface area contributed by atoms with Gasteiger partial charge in [-0.15, -0.1) is 5.10 Å². The van der Waals surface area contributed by atoms with Crippen LogP contribution in [0.3, 0.4) is 0 Å². The van der Waals surface area contributed by atoms with Crippen LogP contribution >= 0.6 is 0 Å². The van der Waals surface area contributed by atoms with Gasteiger partial charge in [-0.3, -0.25) is 10.00 Å². The Morgan fingerprint density at radius 1 is 1.15 bits per heavy atom. The van der Waals surface area contributed by atoms with Crippen LogP contribution in [-0.4, -0.2) is 51.5 Å². The summed E-state index contributed by atoms with van der Waals surface area (Å²) in [5.41, 5.74) is 5.17. The van der Waals surface area contributed by atoms with Gasteiger partial charge in [0.25, 0.3) is 0 Å². The summed E-state index contributed by atoms with van der Waals surface area (Å²) >= 11 is 0. The van der Waals surface area contributed by atoms with Crippen molar-refractivity contribution < 1.29 is 0 Å². The third kappa shape index (κ3) is 3.34. The third-order valence-corrected chi connectivity index (χ3v) is 5.77. The number of rotatable bonds is 4. The molecular formula is C20H30N6. The van der Waals surface area contributed by atoms with Crippen LogP contribution in [0.25, 0.3) is 0 Å². The summed E-state index contributed by atoms with van der Waals surface area (Å²) < 4.78 is 0. The number of aryl methyl sites for hydroxylation is 1. The Labute approximate surface area is 156 Å². The SMILES string of the molecule is CN(Cc1n[nH]c2c1CCCC2)C1CN(c2ccc(C(C)(C)C)nn2)C1. The zero-order valence-electron chi connectivity index (χ0n) is 16.4. The molecule has 140 valence electrons. The topological polar surface area (TPSA) is 60.9 Å². The molecule has 2 aromatic rings. The lowest BCUT2D eigenvalue weighted by atomic mass is 9.92. The number of H-pyrrole nitrogens is 1. The van der Waals surface area contributed by atoms with Gasteiger partial charge >= 0.3 is 0 Å². The molecule has 1 fully saturated rings. The number of hydrogen-bond donors (Lipinski definition) is 1. The molecule has 0 radical (unpaired) electrons. The van der Waals surface area contributed by atoms with Crippen LogP contribution in [0, 0.1) is 0 Å². The molecule has 0 aromatic carbocycles. The molecule has 6 nitrogen and oxygen atoms in total. The van der Waals surface area contributed by atoms with Crippen molar-refractivity contribution in [2.75, 3.05) is 25.0 Å². The minimum atomic E-state index is 0.0475. The van der Waals surface area contributed by atoms with E-state index >= 15 is 0 Å². The summed E-state index contributed by atoms with van der Waals surface area (Å²) in [7, 11) is 2.21. The zero-order valence-corrected chi connectivity index (χ0v) is 16.4. The minimum absolute atomic E-state index is 0.0475. The van der Waals surface area contributed by atoms with Crippen molar-refractivity contribution in [1.82, 2.24) is 25.3 Å². The number of nitrogens with zero attached hydrogens (tertiary/aromatic N) is 5. The molecule has 1 N–H and O–H groups in total. The number of hydrogen-bond acceptors (Lipinski definition) is 5. The fourth-order valence-electron chi connectivity index (χ4n) is 3.86. The van der Waals surface area contributed by atoms with Crippen molar-refractivity contribution in [3.05, 3.63) is 34.8 Å². The molecule has 26 heavy (non-hydrogen) atoms. The Hall–Kier alpha value is -1.95. The molecule has 0 amide bonds. The fraction of sp³-hybridized carbons (Fsp3) is 0.650. The van der Waals surface area contributed by atoms with Gasteiger partial charge < -0.3 is 4.90 Å². The van der Waals surface area contributed by atoms with Gasteiger partial charge in [0.2, 0.25) is 0 Å². The Kier molecular flexibility index (Phi) is 4.47. The van der Waals surface area contributed by atoms with E-state index in [0.717, 1.165) is 37.6 Å². The van der Waals surface area contributed by atoms with E-state index in [-0.39, 0.29) is 5.41 Å².